The highest BCUT2D eigenvalue weighted by Gasteiger charge is 2.22. The largest absolute Gasteiger partial charge is 0.493 e. The standard InChI is InChI=1S/C21H31N7O/c1-26(2)13-16-12-24-21-25-18-6-5-17(11-19(18)28(21)14-16)29-10-4-9-27(3)15-20-22-7-8-23-20/h5-8,11,16H,4,9-10,12-15H2,1-3H3,(H,22,23)(H,24,25). The lowest BCUT2D eigenvalue weighted by molar-refractivity contribution is 0.256. The summed E-state index contributed by atoms with van der Waals surface area (Å²) in [6.07, 6.45) is 4.61. The molecule has 8 nitrogen and oxygen atoms in total. The van der Waals surface area contributed by atoms with Crippen molar-refractivity contribution in [2.24, 2.45) is 5.92 Å². The van der Waals surface area contributed by atoms with Gasteiger partial charge in [-0.05, 0) is 39.7 Å². The number of aromatic nitrogens is 4. The smallest absolute Gasteiger partial charge is 0.203 e. The molecule has 0 fully saturated rings. The van der Waals surface area contributed by atoms with Gasteiger partial charge in [-0.1, -0.05) is 0 Å². The highest BCUT2D eigenvalue weighted by molar-refractivity contribution is 5.80. The zero-order chi connectivity index (χ0) is 20.2. The van der Waals surface area contributed by atoms with Crippen LogP contribution in [0.5, 0.6) is 5.75 Å². The predicted octanol–water partition coefficient (Wildman–Crippen LogP) is 2.26. The molecule has 0 radical (unpaired) electrons. The van der Waals surface area contributed by atoms with Crippen LogP contribution in [0.2, 0.25) is 0 Å². The van der Waals surface area contributed by atoms with E-state index in [2.05, 4.69) is 62.9 Å². The fourth-order valence-corrected chi connectivity index (χ4v) is 3.95. The van der Waals surface area contributed by atoms with E-state index in [-0.39, 0.29) is 0 Å². The molecule has 8 heteroatoms. The Morgan fingerprint density at radius 2 is 2.17 bits per heavy atom. The Hall–Kier alpha value is -2.58. The van der Waals surface area contributed by atoms with Crippen molar-refractivity contribution in [2.45, 2.75) is 19.5 Å². The van der Waals surface area contributed by atoms with Crippen molar-refractivity contribution in [3.05, 3.63) is 36.4 Å². The topological polar surface area (TPSA) is 74.2 Å². The molecule has 2 N–H and O–H groups in total. The molecule has 3 heterocycles. The van der Waals surface area contributed by atoms with E-state index >= 15 is 0 Å². The number of imidazole rings is 2. The van der Waals surface area contributed by atoms with Gasteiger partial charge >= 0.3 is 0 Å². The van der Waals surface area contributed by atoms with Crippen LogP contribution in [0.25, 0.3) is 11.0 Å². The molecule has 0 saturated carbocycles. The number of aromatic amines is 1. The van der Waals surface area contributed by atoms with Crippen LogP contribution in [0.3, 0.4) is 0 Å². The molecule has 1 unspecified atom stereocenters. The third-order valence-corrected chi connectivity index (χ3v) is 5.26. The SMILES string of the molecule is CN(C)CC1CNc2nc3ccc(OCCCN(C)Cc4ncc[nH]4)cc3n2C1. The number of hydrogen-bond donors (Lipinski definition) is 2. The van der Waals surface area contributed by atoms with E-state index in [1.807, 2.05) is 12.3 Å². The zero-order valence-corrected chi connectivity index (χ0v) is 17.6. The maximum absolute atomic E-state index is 6.03. The quantitative estimate of drug-likeness (QED) is 0.540. The Morgan fingerprint density at radius 1 is 1.28 bits per heavy atom. The van der Waals surface area contributed by atoms with E-state index in [0.717, 1.165) is 67.7 Å². The van der Waals surface area contributed by atoms with Crippen LogP contribution in [0, 0.1) is 5.92 Å². The molecule has 2 aromatic heterocycles. The Labute approximate surface area is 171 Å². The van der Waals surface area contributed by atoms with Crippen molar-refractivity contribution in [1.29, 1.82) is 0 Å². The lowest BCUT2D eigenvalue weighted by Gasteiger charge is -2.27. The molecule has 1 aromatic carbocycles. The van der Waals surface area contributed by atoms with E-state index in [1.165, 1.54) is 0 Å². The Morgan fingerprint density at radius 3 is 2.97 bits per heavy atom. The first-order valence-corrected chi connectivity index (χ1v) is 10.3. The second kappa shape index (κ2) is 8.84. The number of rotatable bonds is 9. The molecule has 1 atom stereocenters. The summed E-state index contributed by atoms with van der Waals surface area (Å²) < 4.78 is 8.32. The van der Waals surface area contributed by atoms with Gasteiger partial charge in [0.25, 0.3) is 0 Å². The first kappa shape index (κ1) is 19.7. The second-order valence-corrected chi connectivity index (χ2v) is 8.18. The van der Waals surface area contributed by atoms with Gasteiger partial charge in [0.2, 0.25) is 5.95 Å². The molecule has 1 aliphatic rings. The van der Waals surface area contributed by atoms with Crippen LogP contribution in [-0.4, -0.2) is 76.7 Å². The highest BCUT2D eigenvalue weighted by atomic mass is 16.5. The molecule has 3 aromatic rings. The lowest BCUT2D eigenvalue weighted by atomic mass is 10.1. The normalized spacial score (nSPS) is 16.4. The van der Waals surface area contributed by atoms with E-state index in [4.69, 9.17) is 9.72 Å². The van der Waals surface area contributed by atoms with Gasteiger partial charge < -0.3 is 24.5 Å². The van der Waals surface area contributed by atoms with Gasteiger partial charge in [-0.2, -0.15) is 0 Å². The van der Waals surface area contributed by atoms with Gasteiger partial charge in [0.1, 0.15) is 11.6 Å². The van der Waals surface area contributed by atoms with Gasteiger partial charge in [-0.25, -0.2) is 9.97 Å². The molecule has 156 valence electrons. The second-order valence-electron chi connectivity index (χ2n) is 8.18. The lowest BCUT2D eigenvalue weighted by Crippen LogP contribution is -2.34. The minimum absolute atomic E-state index is 0.573. The number of nitrogens with zero attached hydrogens (tertiary/aromatic N) is 5. The number of fused-ring (bicyclic) bond motifs is 3. The Balaban J connectivity index is 1.33. The summed E-state index contributed by atoms with van der Waals surface area (Å²) in [6, 6.07) is 6.20. The minimum Gasteiger partial charge on any atom is -0.493 e. The number of ether oxygens (including phenoxy) is 1. The highest BCUT2D eigenvalue weighted by Crippen LogP contribution is 2.28. The summed E-state index contributed by atoms with van der Waals surface area (Å²) in [6.45, 7) is 5.49. The van der Waals surface area contributed by atoms with Crippen LogP contribution in [0.15, 0.2) is 30.6 Å². The average molecular weight is 398 g/mol. The zero-order valence-electron chi connectivity index (χ0n) is 17.6. The van der Waals surface area contributed by atoms with Crippen molar-refractivity contribution < 1.29 is 4.74 Å². The first-order valence-electron chi connectivity index (χ1n) is 10.3. The van der Waals surface area contributed by atoms with Crippen molar-refractivity contribution >= 4 is 17.0 Å². The maximum Gasteiger partial charge on any atom is 0.203 e. The van der Waals surface area contributed by atoms with Crippen LogP contribution in [-0.2, 0) is 13.1 Å². The molecular weight excluding hydrogens is 366 g/mol. The number of nitrogens with one attached hydrogen (secondary N) is 2. The first-order chi connectivity index (χ1) is 14.1. The number of benzene rings is 1. The molecule has 0 bridgehead atoms. The van der Waals surface area contributed by atoms with Crippen LogP contribution in [0.4, 0.5) is 5.95 Å². The Kier molecular flexibility index (Phi) is 6.01. The predicted molar refractivity (Wildman–Crippen MR) is 115 cm³/mol. The van der Waals surface area contributed by atoms with E-state index < -0.39 is 0 Å². The molecule has 0 aliphatic carbocycles. The summed E-state index contributed by atoms with van der Waals surface area (Å²) in [5, 5.41) is 3.48. The summed E-state index contributed by atoms with van der Waals surface area (Å²) in [4.78, 5) is 16.6. The number of anilines is 1. The van der Waals surface area contributed by atoms with Gasteiger partial charge in [-0.3, -0.25) is 4.90 Å². The van der Waals surface area contributed by atoms with Crippen molar-refractivity contribution in [1.82, 2.24) is 29.3 Å². The fourth-order valence-electron chi connectivity index (χ4n) is 3.95. The van der Waals surface area contributed by atoms with Gasteiger partial charge in [-0.15, -0.1) is 0 Å². The summed E-state index contributed by atoms with van der Waals surface area (Å²) in [7, 11) is 6.35. The molecule has 0 saturated heterocycles. The molecule has 29 heavy (non-hydrogen) atoms. The van der Waals surface area contributed by atoms with Crippen molar-refractivity contribution in [3.8, 4) is 5.75 Å². The minimum atomic E-state index is 0.573. The van der Waals surface area contributed by atoms with Crippen molar-refractivity contribution in [3.63, 3.8) is 0 Å². The van der Waals surface area contributed by atoms with E-state index in [9.17, 15) is 0 Å². The Bertz CT molecular complexity index is 919. The fraction of sp³-hybridized carbons (Fsp3) is 0.524. The molecular formula is C21H31N7O. The van der Waals surface area contributed by atoms with Crippen molar-refractivity contribution in [2.75, 3.05) is 52.7 Å². The van der Waals surface area contributed by atoms with Crippen LogP contribution >= 0.6 is 0 Å². The van der Waals surface area contributed by atoms with Gasteiger partial charge in [0, 0.05) is 50.6 Å². The van der Waals surface area contributed by atoms with Crippen LogP contribution in [0.1, 0.15) is 12.2 Å². The third kappa shape index (κ3) is 4.89. The summed E-state index contributed by atoms with van der Waals surface area (Å²) >= 11 is 0. The number of hydrogen-bond acceptors (Lipinski definition) is 6. The van der Waals surface area contributed by atoms with Crippen LogP contribution < -0.4 is 10.1 Å². The summed E-state index contributed by atoms with van der Waals surface area (Å²) in [5.74, 6) is 3.44. The third-order valence-electron chi connectivity index (χ3n) is 5.26. The monoisotopic (exact) mass is 397 g/mol. The van der Waals surface area contributed by atoms with E-state index in [1.54, 1.807) is 6.20 Å². The van der Waals surface area contributed by atoms with Gasteiger partial charge in [0.15, 0.2) is 0 Å². The van der Waals surface area contributed by atoms with E-state index in [0.29, 0.717) is 12.5 Å². The maximum atomic E-state index is 6.03. The molecule has 1 aliphatic heterocycles. The van der Waals surface area contributed by atoms with Gasteiger partial charge in [0.05, 0.1) is 24.2 Å². The average Bonchev–Trinajstić information content (AvgIpc) is 3.32. The molecule has 0 amide bonds. The molecule has 4 rings (SSSR count). The molecule has 0 spiro atoms. The summed E-state index contributed by atoms with van der Waals surface area (Å²) in [5.41, 5.74) is 2.16. The number of H-pyrrole nitrogens is 1.